The van der Waals surface area contributed by atoms with Gasteiger partial charge in [0.05, 0.1) is 5.92 Å². The summed E-state index contributed by atoms with van der Waals surface area (Å²) in [6.45, 7) is 4.29. The Kier molecular flexibility index (Phi) is 5.39. The van der Waals surface area contributed by atoms with Crippen molar-refractivity contribution in [3.8, 4) is 0 Å². The van der Waals surface area contributed by atoms with Crippen LogP contribution < -0.4 is 5.32 Å². The molecule has 0 aromatic heterocycles. The SMILES string of the molecule is CC(C)(CNC(=O)C1CCCC(C(=O)O)C1)c1cccc(F)c1. The van der Waals surface area contributed by atoms with Gasteiger partial charge in [0.25, 0.3) is 0 Å². The Labute approximate surface area is 136 Å². The lowest BCUT2D eigenvalue weighted by Gasteiger charge is -2.29. The number of halogens is 1. The summed E-state index contributed by atoms with van der Waals surface area (Å²) < 4.78 is 13.4. The zero-order chi connectivity index (χ0) is 17.0. The summed E-state index contributed by atoms with van der Waals surface area (Å²) in [6, 6.07) is 6.38. The summed E-state index contributed by atoms with van der Waals surface area (Å²) in [4.78, 5) is 23.4. The van der Waals surface area contributed by atoms with Crippen molar-refractivity contribution >= 4 is 11.9 Å². The maximum absolute atomic E-state index is 13.4. The molecule has 0 heterocycles. The number of hydrogen-bond donors (Lipinski definition) is 2. The lowest BCUT2D eigenvalue weighted by atomic mass is 9.80. The van der Waals surface area contributed by atoms with Crippen LogP contribution in [0, 0.1) is 17.7 Å². The van der Waals surface area contributed by atoms with E-state index in [4.69, 9.17) is 5.11 Å². The molecular weight excluding hydrogens is 297 g/mol. The molecule has 23 heavy (non-hydrogen) atoms. The van der Waals surface area contributed by atoms with Crippen LogP contribution in [0.4, 0.5) is 4.39 Å². The van der Waals surface area contributed by atoms with Gasteiger partial charge < -0.3 is 10.4 Å². The number of benzene rings is 1. The van der Waals surface area contributed by atoms with Crippen LogP contribution in [0.25, 0.3) is 0 Å². The number of aliphatic carboxylic acids is 1. The number of rotatable bonds is 5. The second-order valence-electron chi connectivity index (χ2n) is 7.01. The number of carbonyl (C=O) groups is 2. The molecule has 1 amide bonds. The van der Waals surface area contributed by atoms with E-state index in [1.165, 1.54) is 12.1 Å². The maximum atomic E-state index is 13.4. The predicted octanol–water partition coefficient (Wildman–Crippen LogP) is 3.11. The first kappa shape index (κ1) is 17.4. The smallest absolute Gasteiger partial charge is 0.306 e. The molecule has 0 aliphatic heterocycles. The van der Waals surface area contributed by atoms with Crippen LogP contribution in [0.1, 0.15) is 45.1 Å². The van der Waals surface area contributed by atoms with Crippen molar-refractivity contribution in [1.82, 2.24) is 5.32 Å². The summed E-state index contributed by atoms with van der Waals surface area (Å²) in [6.07, 6.45) is 2.55. The highest BCUT2D eigenvalue weighted by Crippen LogP contribution is 2.30. The summed E-state index contributed by atoms with van der Waals surface area (Å²) in [7, 11) is 0. The first-order valence-corrected chi connectivity index (χ1v) is 8.06. The van der Waals surface area contributed by atoms with E-state index in [0.717, 1.165) is 18.4 Å². The van der Waals surface area contributed by atoms with Crippen LogP contribution in [0.2, 0.25) is 0 Å². The number of nitrogens with one attached hydrogen (secondary N) is 1. The third kappa shape index (κ3) is 4.53. The summed E-state index contributed by atoms with van der Waals surface area (Å²) in [5.41, 5.74) is 0.434. The van der Waals surface area contributed by atoms with Gasteiger partial charge in [0, 0.05) is 17.9 Å². The van der Waals surface area contributed by atoms with E-state index < -0.39 is 17.3 Å². The van der Waals surface area contributed by atoms with Crippen molar-refractivity contribution in [3.05, 3.63) is 35.6 Å². The third-order valence-electron chi connectivity index (χ3n) is 4.70. The minimum Gasteiger partial charge on any atom is -0.481 e. The Morgan fingerprint density at radius 1 is 1.30 bits per heavy atom. The molecule has 0 saturated heterocycles. The Balaban J connectivity index is 1.94. The molecule has 4 nitrogen and oxygen atoms in total. The van der Waals surface area contributed by atoms with E-state index in [9.17, 15) is 14.0 Å². The summed E-state index contributed by atoms with van der Waals surface area (Å²) >= 11 is 0. The van der Waals surface area contributed by atoms with Crippen molar-refractivity contribution < 1.29 is 19.1 Å². The van der Waals surface area contributed by atoms with Gasteiger partial charge in [-0.25, -0.2) is 4.39 Å². The van der Waals surface area contributed by atoms with Crippen LogP contribution in [0.15, 0.2) is 24.3 Å². The Bertz CT molecular complexity index is 585. The summed E-state index contributed by atoms with van der Waals surface area (Å²) in [5.74, 6) is -1.87. The fourth-order valence-corrected chi connectivity index (χ4v) is 3.12. The zero-order valence-corrected chi connectivity index (χ0v) is 13.6. The standard InChI is InChI=1S/C18H24FNO3/c1-18(2,14-7-4-8-15(19)10-14)11-20-16(21)12-5-3-6-13(9-12)17(22)23/h4,7-8,10,12-13H,3,5-6,9,11H2,1-2H3,(H,20,21)(H,22,23). The van der Waals surface area contributed by atoms with E-state index >= 15 is 0 Å². The van der Waals surface area contributed by atoms with Crippen molar-refractivity contribution in [2.45, 2.75) is 44.9 Å². The molecule has 1 aromatic carbocycles. The van der Waals surface area contributed by atoms with Gasteiger partial charge in [0.1, 0.15) is 5.82 Å². The predicted molar refractivity (Wildman–Crippen MR) is 85.5 cm³/mol. The van der Waals surface area contributed by atoms with E-state index in [1.807, 2.05) is 19.9 Å². The molecule has 2 N–H and O–H groups in total. The van der Waals surface area contributed by atoms with Gasteiger partial charge in [-0.3, -0.25) is 9.59 Å². The van der Waals surface area contributed by atoms with E-state index in [1.54, 1.807) is 6.07 Å². The number of hydrogen-bond acceptors (Lipinski definition) is 2. The molecule has 1 fully saturated rings. The topological polar surface area (TPSA) is 66.4 Å². The minimum absolute atomic E-state index is 0.0968. The highest BCUT2D eigenvalue weighted by molar-refractivity contribution is 5.80. The molecule has 1 aromatic rings. The maximum Gasteiger partial charge on any atom is 0.306 e. The van der Waals surface area contributed by atoms with E-state index in [2.05, 4.69) is 5.32 Å². The fraction of sp³-hybridized carbons (Fsp3) is 0.556. The average Bonchev–Trinajstić information content (AvgIpc) is 2.53. The molecule has 126 valence electrons. The fourth-order valence-electron chi connectivity index (χ4n) is 3.12. The minimum atomic E-state index is -0.817. The molecule has 5 heteroatoms. The quantitative estimate of drug-likeness (QED) is 0.875. The molecule has 0 radical (unpaired) electrons. The first-order valence-electron chi connectivity index (χ1n) is 8.06. The van der Waals surface area contributed by atoms with Gasteiger partial charge in [-0.05, 0) is 37.0 Å². The summed E-state index contributed by atoms with van der Waals surface area (Å²) in [5, 5.41) is 12.0. The van der Waals surface area contributed by atoms with Gasteiger partial charge in [0.2, 0.25) is 5.91 Å². The Morgan fingerprint density at radius 2 is 2.00 bits per heavy atom. The first-order chi connectivity index (χ1) is 10.8. The van der Waals surface area contributed by atoms with Gasteiger partial charge in [0.15, 0.2) is 0 Å². The van der Waals surface area contributed by atoms with Crippen molar-refractivity contribution in [1.29, 1.82) is 0 Å². The van der Waals surface area contributed by atoms with Crippen molar-refractivity contribution in [2.24, 2.45) is 11.8 Å². The number of carbonyl (C=O) groups excluding carboxylic acids is 1. The monoisotopic (exact) mass is 321 g/mol. The molecule has 1 saturated carbocycles. The average molecular weight is 321 g/mol. The molecule has 1 aliphatic carbocycles. The molecule has 2 unspecified atom stereocenters. The van der Waals surface area contributed by atoms with E-state index in [0.29, 0.717) is 19.4 Å². The zero-order valence-electron chi connectivity index (χ0n) is 13.6. The van der Waals surface area contributed by atoms with Crippen LogP contribution in [0.3, 0.4) is 0 Å². The Hall–Kier alpha value is -1.91. The van der Waals surface area contributed by atoms with E-state index in [-0.39, 0.29) is 17.6 Å². The molecule has 0 spiro atoms. The van der Waals surface area contributed by atoms with Crippen LogP contribution in [0.5, 0.6) is 0 Å². The van der Waals surface area contributed by atoms with Gasteiger partial charge in [-0.2, -0.15) is 0 Å². The Morgan fingerprint density at radius 3 is 2.65 bits per heavy atom. The molecule has 0 bridgehead atoms. The van der Waals surface area contributed by atoms with Crippen LogP contribution >= 0.6 is 0 Å². The van der Waals surface area contributed by atoms with Gasteiger partial charge >= 0.3 is 5.97 Å². The number of carboxylic acid groups (broad SMARTS) is 1. The largest absolute Gasteiger partial charge is 0.481 e. The van der Waals surface area contributed by atoms with Crippen molar-refractivity contribution in [3.63, 3.8) is 0 Å². The van der Waals surface area contributed by atoms with Gasteiger partial charge in [-0.15, -0.1) is 0 Å². The van der Waals surface area contributed by atoms with Crippen molar-refractivity contribution in [2.75, 3.05) is 6.54 Å². The molecule has 1 aliphatic rings. The van der Waals surface area contributed by atoms with Crippen LogP contribution in [-0.2, 0) is 15.0 Å². The number of carboxylic acids is 1. The highest BCUT2D eigenvalue weighted by atomic mass is 19.1. The lowest BCUT2D eigenvalue weighted by Crippen LogP contribution is -2.41. The molecule has 2 rings (SSSR count). The third-order valence-corrected chi connectivity index (χ3v) is 4.70. The van der Waals surface area contributed by atoms with Crippen LogP contribution in [-0.4, -0.2) is 23.5 Å². The number of amides is 1. The normalized spacial score (nSPS) is 21.7. The second-order valence-corrected chi connectivity index (χ2v) is 7.01. The van der Waals surface area contributed by atoms with Gasteiger partial charge in [-0.1, -0.05) is 32.4 Å². The molecular formula is C18H24FNO3. The highest BCUT2D eigenvalue weighted by Gasteiger charge is 2.32. The molecule has 2 atom stereocenters. The second kappa shape index (κ2) is 7.11. The lowest BCUT2D eigenvalue weighted by molar-refractivity contribution is -0.144.